The Hall–Kier alpha value is -0.340. The van der Waals surface area contributed by atoms with Crippen LogP contribution >= 0.6 is 15.9 Å². The molecule has 0 N–H and O–H groups in total. The molecule has 0 saturated heterocycles. The van der Waals surface area contributed by atoms with E-state index in [1.807, 2.05) is 12.1 Å². The second-order valence-corrected chi connectivity index (χ2v) is 3.24. The number of aryl methyl sites for hydroxylation is 1. The molecule has 0 aliphatic heterocycles. The maximum absolute atomic E-state index is 5.13. The van der Waals surface area contributed by atoms with Crippen molar-refractivity contribution in [3.8, 4) is 0 Å². The van der Waals surface area contributed by atoms with E-state index in [0.717, 1.165) is 0 Å². The summed E-state index contributed by atoms with van der Waals surface area (Å²) in [5, 5.41) is 0.0173. The lowest BCUT2D eigenvalue weighted by atomic mass is 10.1. The van der Waals surface area contributed by atoms with E-state index in [4.69, 9.17) is 4.74 Å². The molecule has 60 valence electrons. The maximum Gasteiger partial charge on any atom is 0.137 e. The van der Waals surface area contributed by atoms with Crippen molar-refractivity contribution in [2.45, 2.75) is 11.9 Å². The molecule has 0 radical (unpaired) electrons. The van der Waals surface area contributed by atoms with Crippen LogP contribution in [0.4, 0.5) is 0 Å². The summed E-state index contributed by atoms with van der Waals surface area (Å²) in [5.74, 6) is 0. The third-order valence-electron chi connectivity index (χ3n) is 1.64. The van der Waals surface area contributed by atoms with Crippen LogP contribution in [-0.2, 0) is 4.74 Å². The van der Waals surface area contributed by atoms with Gasteiger partial charge in [0, 0.05) is 7.11 Å². The van der Waals surface area contributed by atoms with E-state index in [0.29, 0.717) is 0 Å². The molecule has 0 aromatic heterocycles. The van der Waals surface area contributed by atoms with E-state index in [9.17, 15) is 0 Å². The third-order valence-corrected chi connectivity index (χ3v) is 2.51. The van der Waals surface area contributed by atoms with Crippen LogP contribution in [-0.4, -0.2) is 7.11 Å². The van der Waals surface area contributed by atoms with Crippen molar-refractivity contribution in [3.63, 3.8) is 0 Å². The quantitative estimate of drug-likeness (QED) is 0.689. The molecular weight excluding hydrogens is 204 g/mol. The van der Waals surface area contributed by atoms with Gasteiger partial charge in [-0.2, -0.15) is 0 Å². The van der Waals surface area contributed by atoms with Gasteiger partial charge in [-0.05, 0) is 18.1 Å². The lowest BCUT2D eigenvalue weighted by Gasteiger charge is -2.10. The Kier molecular flexibility index (Phi) is 3.09. The first-order chi connectivity index (χ1) is 5.25. The van der Waals surface area contributed by atoms with Gasteiger partial charge in [-0.25, -0.2) is 0 Å². The number of hydrogen-bond donors (Lipinski definition) is 0. The van der Waals surface area contributed by atoms with Gasteiger partial charge in [0.2, 0.25) is 0 Å². The zero-order chi connectivity index (χ0) is 8.27. The first-order valence-corrected chi connectivity index (χ1v) is 4.39. The Morgan fingerprint density at radius 2 is 2.00 bits per heavy atom. The highest BCUT2D eigenvalue weighted by Crippen LogP contribution is 2.25. The molecule has 0 aliphatic carbocycles. The zero-order valence-electron chi connectivity index (χ0n) is 6.67. The predicted molar refractivity (Wildman–Crippen MR) is 49.9 cm³/mol. The molecule has 0 spiro atoms. The minimum atomic E-state index is 0.0173. The molecule has 1 nitrogen and oxygen atoms in total. The van der Waals surface area contributed by atoms with Gasteiger partial charge < -0.3 is 4.74 Å². The minimum absolute atomic E-state index is 0.0173. The first-order valence-electron chi connectivity index (χ1n) is 3.48. The molecule has 1 aromatic rings. The largest absolute Gasteiger partial charge is 0.365 e. The Bertz CT molecular complexity index is 235. The van der Waals surface area contributed by atoms with Crippen molar-refractivity contribution in [2.24, 2.45) is 0 Å². The first kappa shape index (κ1) is 8.75. The van der Waals surface area contributed by atoms with Gasteiger partial charge in [-0.15, -0.1) is 0 Å². The summed E-state index contributed by atoms with van der Waals surface area (Å²) in [6.45, 7) is 2.07. The smallest absolute Gasteiger partial charge is 0.137 e. The summed E-state index contributed by atoms with van der Waals surface area (Å²) in [6.07, 6.45) is 0. The number of rotatable bonds is 2. The van der Waals surface area contributed by atoms with Crippen LogP contribution in [0.1, 0.15) is 16.1 Å². The summed E-state index contributed by atoms with van der Waals surface area (Å²) < 4.78 is 5.13. The van der Waals surface area contributed by atoms with Crippen molar-refractivity contribution in [1.29, 1.82) is 0 Å². The van der Waals surface area contributed by atoms with E-state index in [1.54, 1.807) is 7.11 Å². The molecule has 0 aliphatic rings. The van der Waals surface area contributed by atoms with Crippen LogP contribution in [0.2, 0.25) is 0 Å². The molecule has 1 rings (SSSR count). The molecule has 0 bridgehead atoms. The van der Waals surface area contributed by atoms with Gasteiger partial charge in [0.15, 0.2) is 0 Å². The SMILES string of the molecule is COC(Br)c1ccccc1C. The average molecular weight is 215 g/mol. The lowest BCUT2D eigenvalue weighted by Crippen LogP contribution is -1.94. The van der Waals surface area contributed by atoms with E-state index in [-0.39, 0.29) is 5.01 Å². The Labute approximate surface area is 75.5 Å². The normalized spacial score (nSPS) is 13.0. The van der Waals surface area contributed by atoms with Crippen molar-refractivity contribution < 1.29 is 4.74 Å². The third kappa shape index (κ3) is 2.04. The topological polar surface area (TPSA) is 9.23 Å². The summed E-state index contributed by atoms with van der Waals surface area (Å²) in [4.78, 5) is 0. The Morgan fingerprint density at radius 1 is 1.36 bits per heavy atom. The van der Waals surface area contributed by atoms with E-state index in [2.05, 4.69) is 35.0 Å². The molecule has 1 unspecified atom stereocenters. The number of methoxy groups -OCH3 is 1. The fraction of sp³-hybridized carbons (Fsp3) is 0.333. The van der Waals surface area contributed by atoms with E-state index in [1.165, 1.54) is 11.1 Å². The highest BCUT2D eigenvalue weighted by Gasteiger charge is 2.06. The fourth-order valence-electron chi connectivity index (χ4n) is 0.968. The van der Waals surface area contributed by atoms with E-state index < -0.39 is 0 Å². The molecule has 1 aromatic carbocycles. The minimum Gasteiger partial charge on any atom is -0.365 e. The summed E-state index contributed by atoms with van der Waals surface area (Å²) in [6, 6.07) is 8.16. The van der Waals surface area contributed by atoms with Crippen LogP contribution in [0.25, 0.3) is 0 Å². The van der Waals surface area contributed by atoms with Crippen LogP contribution in [0.5, 0.6) is 0 Å². The van der Waals surface area contributed by atoms with Crippen LogP contribution < -0.4 is 0 Å². The zero-order valence-corrected chi connectivity index (χ0v) is 8.26. The van der Waals surface area contributed by atoms with Crippen molar-refractivity contribution in [1.82, 2.24) is 0 Å². The van der Waals surface area contributed by atoms with Crippen molar-refractivity contribution >= 4 is 15.9 Å². The highest BCUT2D eigenvalue weighted by atomic mass is 79.9. The molecule has 0 amide bonds. The Morgan fingerprint density at radius 3 is 2.55 bits per heavy atom. The summed E-state index contributed by atoms with van der Waals surface area (Å²) >= 11 is 3.41. The van der Waals surface area contributed by atoms with E-state index >= 15 is 0 Å². The number of halogens is 1. The second-order valence-electron chi connectivity index (χ2n) is 2.41. The molecule has 0 fully saturated rings. The standard InChI is InChI=1S/C9H11BrO/c1-7-5-3-4-6-8(7)9(10)11-2/h3-6,9H,1-2H3. The Balaban J connectivity index is 2.93. The number of benzene rings is 1. The van der Waals surface area contributed by atoms with Crippen molar-refractivity contribution in [2.75, 3.05) is 7.11 Å². The molecule has 1 atom stereocenters. The molecule has 2 heteroatoms. The molecular formula is C9H11BrO. The fourth-order valence-corrected chi connectivity index (χ4v) is 1.48. The number of hydrogen-bond acceptors (Lipinski definition) is 1. The molecule has 11 heavy (non-hydrogen) atoms. The van der Waals surface area contributed by atoms with Gasteiger partial charge in [0.1, 0.15) is 5.01 Å². The number of ether oxygens (including phenoxy) is 1. The molecule has 0 heterocycles. The maximum atomic E-state index is 5.13. The van der Waals surface area contributed by atoms with Gasteiger partial charge >= 0.3 is 0 Å². The second kappa shape index (κ2) is 3.88. The average Bonchev–Trinajstić information content (AvgIpc) is 2.04. The monoisotopic (exact) mass is 214 g/mol. The van der Waals surface area contributed by atoms with Gasteiger partial charge in [0.05, 0.1) is 0 Å². The van der Waals surface area contributed by atoms with Gasteiger partial charge in [-0.1, -0.05) is 40.2 Å². The number of alkyl halides is 1. The highest BCUT2D eigenvalue weighted by molar-refractivity contribution is 9.09. The summed E-state index contributed by atoms with van der Waals surface area (Å²) in [7, 11) is 1.69. The van der Waals surface area contributed by atoms with Crippen LogP contribution in [0.15, 0.2) is 24.3 Å². The van der Waals surface area contributed by atoms with Crippen LogP contribution in [0, 0.1) is 6.92 Å². The van der Waals surface area contributed by atoms with Gasteiger partial charge in [0.25, 0.3) is 0 Å². The van der Waals surface area contributed by atoms with Crippen LogP contribution in [0.3, 0.4) is 0 Å². The van der Waals surface area contributed by atoms with Gasteiger partial charge in [-0.3, -0.25) is 0 Å². The predicted octanol–water partition coefficient (Wildman–Crippen LogP) is 3.03. The lowest BCUT2D eigenvalue weighted by molar-refractivity contribution is 0.181. The van der Waals surface area contributed by atoms with Crippen molar-refractivity contribution in [3.05, 3.63) is 35.4 Å². The molecule has 0 saturated carbocycles. The summed E-state index contributed by atoms with van der Waals surface area (Å²) in [5.41, 5.74) is 2.44.